The van der Waals surface area contributed by atoms with E-state index in [1.165, 1.54) is 6.07 Å². The van der Waals surface area contributed by atoms with Gasteiger partial charge in [0.2, 0.25) is 0 Å². The Kier molecular flexibility index (Phi) is 4.28. The van der Waals surface area contributed by atoms with Gasteiger partial charge in [-0.2, -0.15) is 0 Å². The van der Waals surface area contributed by atoms with Crippen LogP contribution in [0.25, 0.3) is 0 Å². The maximum absolute atomic E-state index is 9.09. The molecule has 0 bridgehead atoms. The highest BCUT2D eigenvalue weighted by Crippen LogP contribution is 2.17. The Bertz CT molecular complexity index is 247. The summed E-state index contributed by atoms with van der Waals surface area (Å²) in [5, 5.41) is 26.5. The summed E-state index contributed by atoms with van der Waals surface area (Å²) in [5.74, 6) is 0.0599. The lowest BCUT2D eigenvalue weighted by atomic mass is 10.1. The van der Waals surface area contributed by atoms with Crippen molar-refractivity contribution in [3.8, 4) is 5.75 Å². The molecule has 0 amide bonds. The molecule has 0 aliphatic rings. The molecule has 0 fully saturated rings. The van der Waals surface area contributed by atoms with Crippen LogP contribution in [-0.4, -0.2) is 20.8 Å². The number of aliphatic hydroxyl groups excluding tert-OH is 2. The lowest BCUT2D eigenvalue weighted by Crippen LogP contribution is -1.88. The summed E-state index contributed by atoms with van der Waals surface area (Å²) in [5.41, 5.74) is 1.13. The molecule has 0 radical (unpaired) electrons. The van der Waals surface area contributed by atoms with Crippen LogP contribution >= 0.6 is 0 Å². The smallest absolute Gasteiger partial charge is 0.121 e. The first kappa shape index (κ1) is 10.9. The number of hydrogen-bond donors (Lipinski definition) is 3. The van der Waals surface area contributed by atoms with E-state index in [4.69, 9.17) is 15.3 Å². The minimum atomic E-state index is -0.209. The van der Waals surface area contributed by atoms with Gasteiger partial charge < -0.3 is 20.8 Å². The van der Waals surface area contributed by atoms with Gasteiger partial charge in [-0.3, -0.25) is 0 Å². The molecule has 0 aliphatic carbocycles. The molecule has 4 nitrogen and oxygen atoms in total. The van der Waals surface area contributed by atoms with Crippen molar-refractivity contribution in [3.05, 3.63) is 29.3 Å². The zero-order chi connectivity index (χ0) is 8.27. The van der Waals surface area contributed by atoms with Crippen LogP contribution in [-0.2, 0) is 13.2 Å². The summed E-state index contributed by atoms with van der Waals surface area (Å²) in [6.07, 6.45) is 0. The second-order valence-corrected chi connectivity index (χ2v) is 2.28. The van der Waals surface area contributed by atoms with Crippen LogP contribution in [0.1, 0.15) is 11.1 Å². The van der Waals surface area contributed by atoms with E-state index in [0.717, 1.165) is 0 Å². The topological polar surface area (TPSA) is 92.2 Å². The maximum atomic E-state index is 9.09. The van der Waals surface area contributed by atoms with Crippen molar-refractivity contribution in [1.29, 1.82) is 0 Å². The van der Waals surface area contributed by atoms with E-state index in [-0.39, 0.29) is 24.4 Å². The van der Waals surface area contributed by atoms with Crippen molar-refractivity contribution >= 4 is 0 Å². The molecule has 1 aromatic carbocycles. The van der Waals surface area contributed by atoms with E-state index >= 15 is 0 Å². The molecule has 0 saturated heterocycles. The van der Waals surface area contributed by atoms with Gasteiger partial charge >= 0.3 is 0 Å². The molecule has 1 aromatic rings. The quantitative estimate of drug-likeness (QED) is 0.564. The van der Waals surface area contributed by atoms with Crippen molar-refractivity contribution in [2.75, 3.05) is 0 Å². The van der Waals surface area contributed by atoms with Crippen LogP contribution < -0.4 is 0 Å². The van der Waals surface area contributed by atoms with Crippen LogP contribution in [0.5, 0.6) is 5.75 Å². The highest BCUT2D eigenvalue weighted by atomic mass is 16.3. The Morgan fingerprint density at radius 3 is 2.25 bits per heavy atom. The summed E-state index contributed by atoms with van der Waals surface area (Å²) in [6.45, 7) is -0.285. The molecule has 12 heavy (non-hydrogen) atoms. The van der Waals surface area contributed by atoms with Crippen LogP contribution in [0.4, 0.5) is 0 Å². The number of hydrogen-bond acceptors (Lipinski definition) is 3. The second-order valence-electron chi connectivity index (χ2n) is 2.28. The molecule has 0 spiro atoms. The van der Waals surface area contributed by atoms with Gasteiger partial charge in [0, 0.05) is 5.56 Å². The highest BCUT2D eigenvalue weighted by molar-refractivity contribution is 5.35. The zero-order valence-electron chi connectivity index (χ0n) is 6.49. The average molecular weight is 172 g/mol. The fraction of sp³-hybridized carbons (Fsp3) is 0.250. The van der Waals surface area contributed by atoms with Gasteiger partial charge in [0.1, 0.15) is 5.75 Å². The van der Waals surface area contributed by atoms with E-state index in [1.54, 1.807) is 12.1 Å². The summed E-state index contributed by atoms with van der Waals surface area (Å²) in [4.78, 5) is 0. The molecule has 0 aromatic heterocycles. The molecule has 68 valence electrons. The molecule has 1 rings (SSSR count). The van der Waals surface area contributed by atoms with Gasteiger partial charge in [-0.05, 0) is 17.7 Å². The number of benzene rings is 1. The lowest BCUT2D eigenvalue weighted by Gasteiger charge is -2.02. The summed E-state index contributed by atoms with van der Waals surface area (Å²) >= 11 is 0. The third-order valence-electron chi connectivity index (χ3n) is 1.50. The Balaban J connectivity index is 0.00000121. The van der Waals surface area contributed by atoms with E-state index in [2.05, 4.69) is 0 Å². The van der Waals surface area contributed by atoms with Crippen molar-refractivity contribution in [2.24, 2.45) is 0 Å². The molecule has 0 unspecified atom stereocenters. The van der Waals surface area contributed by atoms with Crippen molar-refractivity contribution in [2.45, 2.75) is 13.2 Å². The lowest BCUT2D eigenvalue weighted by molar-refractivity contribution is 0.271. The summed E-state index contributed by atoms with van der Waals surface area (Å²) < 4.78 is 0. The van der Waals surface area contributed by atoms with E-state index in [0.29, 0.717) is 11.1 Å². The minimum absolute atomic E-state index is 0. The Labute approximate surface area is 70.0 Å². The van der Waals surface area contributed by atoms with Gasteiger partial charge in [-0.25, -0.2) is 0 Å². The Morgan fingerprint density at radius 1 is 1.08 bits per heavy atom. The molecular formula is C8H12O4. The van der Waals surface area contributed by atoms with E-state index in [1.807, 2.05) is 0 Å². The van der Waals surface area contributed by atoms with Gasteiger partial charge in [0.15, 0.2) is 0 Å². The van der Waals surface area contributed by atoms with Crippen molar-refractivity contribution in [3.63, 3.8) is 0 Å². The summed E-state index contributed by atoms with van der Waals surface area (Å²) in [6, 6.07) is 4.63. The summed E-state index contributed by atoms with van der Waals surface area (Å²) in [7, 11) is 0. The number of aromatic hydroxyl groups is 1. The van der Waals surface area contributed by atoms with Crippen molar-refractivity contribution < 1.29 is 20.8 Å². The minimum Gasteiger partial charge on any atom is -0.508 e. The second kappa shape index (κ2) is 4.71. The number of aliphatic hydroxyl groups is 2. The molecular weight excluding hydrogens is 160 g/mol. The van der Waals surface area contributed by atoms with Gasteiger partial charge in [0.05, 0.1) is 13.2 Å². The standard InChI is InChI=1S/C8H10O3.H2O/c9-4-6-1-2-8(11)7(3-6)5-10;/h1-3,9-11H,4-5H2;1H2. The van der Waals surface area contributed by atoms with Gasteiger partial charge in [-0.15, -0.1) is 0 Å². The van der Waals surface area contributed by atoms with Crippen LogP contribution in [0, 0.1) is 0 Å². The largest absolute Gasteiger partial charge is 0.508 e. The number of rotatable bonds is 2. The average Bonchev–Trinajstić information content (AvgIpc) is 2.05. The first-order valence-electron chi connectivity index (χ1n) is 3.30. The van der Waals surface area contributed by atoms with E-state index in [9.17, 15) is 0 Å². The first-order chi connectivity index (χ1) is 5.27. The van der Waals surface area contributed by atoms with Gasteiger partial charge in [0.25, 0.3) is 0 Å². The monoisotopic (exact) mass is 172 g/mol. The van der Waals surface area contributed by atoms with E-state index < -0.39 is 0 Å². The normalized spacial score (nSPS) is 9.17. The van der Waals surface area contributed by atoms with Crippen molar-refractivity contribution in [1.82, 2.24) is 0 Å². The Hall–Kier alpha value is -1.10. The van der Waals surface area contributed by atoms with Gasteiger partial charge in [-0.1, -0.05) is 6.07 Å². The molecule has 0 atom stereocenters. The molecule has 0 saturated carbocycles. The maximum Gasteiger partial charge on any atom is 0.121 e. The predicted octanol–water partition coefficient (Wildman–Crippen LogP) is -0.448. The fourth-order valence-electron chi connectivity index (χ4n) is 0.864. The fourth-order valence-corrected chi connectivity index (χ4v) is 0.864. The molecule has 0 heterocycles. The SMILES string of the molecule is O.OCc1ccc(O)c(CO)c1. The highest BCUT2D eigenvalue weighted by Gasteiger charge is 1.99. The zero-order valence-corrected chi connectivity index (χ0v) is 6.49. The van der Waals surface area contributed by atoms with Crippen LogP contribution in [0.2, 0.25) is 0 Å². The third kappa shape index (κ3) is 2.20. The Morgan fingerprint density at radius 2 is 1.75 bits per heavy atom. The molecule has 5 N–H and O–H groups in total. The molecule has 4 heteroatoms. The molecule has 0 aliphatic heterocycles. The first-order valence-corrected chi connectivity index (χ1v) is 3.30. The predicted molar refractivity (Wildman–Crippen MR) is 43.6 cm³/mol. The third-order valence-corrected chi connectivity index (χ3v) is 1.50. The number of phenols is 1. The van der Waals surface area contributed by atoms with Crippen LogP contribution in [0.15, 0.2) is 18.2 Å². The van der Waals surface area contributed by atoms with Crippen LogP contribution in [0.3, 0.4) is 0 Å².